The van der Waals surface area contributed by atoms with Crippen LogP contribution in [0.2, 0.25) is 0 Å². The van der Waals surface area contributed by atoms with Crippen molar-refractivity contribution in [2.45, 2.75) is 38.6 Å². The van der Waals surface area contributed by atoms with Gasteiger partial charge in [0.05, 0.1) is 0 Å². The Morgan fingerprint density at radius 1 is 1.28 bits per heavy atom. The highest BCUT2D eigenvalue weighted by molar-refractivity contribution is 5.77. The van der Waals surface area contributed by atoms with Crippen LogP contribution >= 0.6 is 0 Å². The Labute approximate surface area is 107 Å². The third-order valence-electron chi connectivity index (χ3n) is 3.76. The molecule has 0 spiro atoms. The number of benzene rings is 1. The number of fused-ring (bicyclic) bond motifs is 1. The van der Waals surface area contributed by atoms with Gasteiger partial charge in [-0.05, 0) is 24.5 Å². The molecule has 0 bridgehead atoms. The number of nitrogens with zero attached hydrogens (tertiary/aromatic N) is 1. The van der Waals surface area contributed by atoms with Crippen LogP contribution in [0.3, 0.4) is 0 Å². The topological polar surface area (TPSA) is 44.4 Å². The highest BCUT2D eigenvalue weighted by Crippen LogP contribution is 2.20. The molecule has 2 aliphatic heterocycles. The quantitative estimate of drug-likeness (QED) is 0.770. The Kier molecular flexibility index (Phi) is 3.06. The van der Waals surface area contributed by atoms with E-state index in [0.717, 1.165) is 19.5 Å². The molecule has 0 saturated carbocycles. The Morgan fingerprint density at radius 3 is 2.83 bits per heavy atom. The summed E-state index contributed by atoms with van der Waals surface area (Å²) >= 11 is 0. The van der Waals surface area contributed by atoms with Crippen molar-refractivity contribution < 1.29 is 4.79 Å². The summed E-state index contributed by atoms with van der Waals surface area (Å²) in [5.41, 5.74) is 2.81. The molecule has 2 atom stereocenters. The van der Waals surface area contributed by atoms with Gasteiger partial charge in [-0.1, -0.05) is 24.3 Å². The Balaban J connectivity index is 1.73. The lowest BCUT2D eigenvalue weighted by molar-refractivity contribution is -0.127. The summed E-state index contributed by atoms with van der Waals surface area (Å²) in [7, 11) is 0. The molecule has 1 aromatic rings. The van der Waals surface area contributed by atoms with E-state index in [4.69, 9.17) is 0 Å². The fourth-order valence-corrected chi connectivity index (χ4v) is 2.79. The van der Waals surface area contributed by atoms with Gasteiger partial charge < -0.3 is 5.32 Å². The average molecular weight is 245 g/mol. The van der Waals surface area contributed by atoms with Gasteiger partial charge in [-0.15, -0.1) is 0 Å². The summed E-state index contributed by atoms with van der Waals surface area (Å²) in [4.78, 5) is 13.9. The van der Waals surface area contributed by atoms with Gasteiger partial charge >= 0.3 is 0 Å². The van der Waals surface area contributed by atoms with Crippen LogP contribution in [0, 0.1) is 0 Å². The number of nitrogens with one attached hydrogen (secondary N) is 2. The minimum absolute atomic E-state index is 0.0189. The average Bonchev–Trinajstić information content (AvgIpc) is 2.37. The molecule has 2 N–H and O–H groups in total. The van der Waals surface area contributed by atoms with E-state index in [1.165, 1.54) is 11.1 Å². The molecular formula is C14H19N3O. The van der Waals surface area contributed by atoms with E-state index in [9.17, 15) is 4.79 Å². The predicted molar refractivity (Wildman–Crippen MR) is 69.7 cm³/mol. The van der Waals surface area contributed by atoms with Crippen LogP contribution in [0.1, 0.15) is 24.5 Å². The standard InChI is InChI=1S/C14H19N3O/c1-10-8-13(18)16-14(15-10)17-7-6-11-4-2-3-5-12(11)9-17/h2-5,10,14-15H,6-9H2,1H3,(H,16,18). The minimum Gasteiger partial charge on any atom is -0.328 e. The van der Waals surface area contributed by atoms with Crippen molar-refractivity contribution in [2.24, 2.45) is 0 Å². The molecule has 0 aromatic heterocycles. The van der Waals surface area contributed by atoms with Crippen molar-refractivity contribution in [2.75, 3.05) is 6.54 Å². The van der Waals surface area contributed by atoms with Gasteiger partial charge in [-0.25, -0.2) is 0 Å². The fourth-order valence-electron chi connectivity index (χ4n) is 2.79. The molecule has 18 heavy (non-hydrogen) atoms. The molecule has 2 unspecified atom stereocenters. The zero-order valence-electron chi connectivity index (χ0n) is 10.6. The molecule has 1 aromatic carbocycles. The van der Waals surface area contributed by atoms with E-state index in [-0.39, 0.29) is 18.2 Å². The van der Waals surface area contributed by atoms with E-state index in [0.29, 0.717) is 6.42 Å². The number of carbonyl (C=O) groups excluding carboxylic acids is 1. The second-order valence-electron chi connectivity index (χ2n) is 5.23. The lowest BCUT2D eigenvalue weighted by atomic mass is 10.00. The summed E-state index contributed by atoms with van der Waals surface area (Å²) in [6.07, 6.45) is 1.61. The normalized spacial score (nSPS) is 28.6. The van der Waals surface area contributed by atoms with Crippen molar-refractivity contribution >= 4 is 5.91 Å². The predicted octanol–water partition coefficient (Wildman–Crippen LogP) is 0.826. The van der Waals surface area contributed by atoms with E-state index < -0.39 is 0 Å². The van der Waals surface area contributed by atoms with Gasteiger partial charge in [0.1, 0.15) is 6.29 Å². The third-order valence-corrected chi connectivity index (χ3v) is 3.76. The monoisotopic (exact) mass is 245 g/mol. The summed E-state index contributed by atoms with van der Waals surface area (Å²) in [6, 6.07) is 8.80. The second kappa shape index (κ2) is 4.71. The Hall–Kier alpha value is -1.39. The number of rotatable bonds is 1. The Morgan fingerprint density at radius 2 is 2.06 bits per heavy atom. The first-order valence-electron chi connectivity index (χ1n) is 6.58. The first-order valence-corrected chi connectivity index (χ1v) is 6.58. The smallest absolute Gasteiger partial charge is 0.223 e. The van der Waals surface area contributed by atoms with Gasteiger partial charge in [-0.2, -0.15) is 0 Å². The zero-order chi connectivity index (χ0) is 12.5. The lowest BCUT2D eigenvalue weighted by Crippen LogP contribution is -2.63. The van der Waals surface area contributed by atoms with Crippen LogP contribution < -0.4 is 10.6 Å². The van der Waals surface area contributed by atoms with E-state index in [1.807, 2.05) is 0 Å². The van der Waals surface area contributed by atoms with Gasteiger partial charge in [-0.3, -0.25) is 15.0 Å². The molecule has 0 aliphatic carbocycles. The largest absolute Gasteiger partial charge is 0.328 e. The van der Waals surface area contributed by atoms with Crippen molar-refractivity contribution in [1.82, 2.24) is 15.5 Å². The molecule has 96 valence electrons. The summed E-state index contributed by atoms with van der Waals surface area (Å²) < 4.78 is 0. The third kappa shape index (κ3) is 2.26. The molecule has 4 heteroatoms. The summed E-state index contributed by atoms with van der Waals surface area (Å²) in [5, 5.41) is 6.46. The van der Waals surface area contributed by atoms with Gasteiger partial charge in [0.2, 0.25) is 5.91 Å². The second-order valence-corrected chi connectivity index (χ2v) is 5.23. The van der Waals surface area contributed by atoms with Crippen LogP contribution in [0.4, 0.5) is 0 Å². The molecule has 0 radical (unpaired) electrons. The van der Waals surface area contributed by atoms with Crippen LogP contribution in [0.15, 0.2) is 24.3 Å². The van der Waals surface area contributed by atoms with Gasteiger partial charge in [0.25, 0.3) is 0 Å². The zero-order valence-corrected chi connectivity index (χ0v) is 10.6. The van der Waals surface area contributed by atoms with Crippen LogP contribution in [-0.2, 0) is 17.8 Å². The van der Waals surface area contributed by atoms with Crippen LogP contribution in [0.25, 0.3) is 0 Å². The van der Waals surface area contributed by atoms with E-state index in [1.54, 1.807) is 0 Å². The highest BCUT2D eigenvalue weighted by Gasteiger charge is 2.29. The first-order chi connectivity index (χ1) is 8.72. The number of hydrogen-bond donors (Lipinski definition) is 2. The molecule has 2 aliphatic rings. The maximum absolute atomic E-state index is 11.6. The van der Waals surface area contributed by atoms with Crippen molar-refractivity contribution in [1.29, 1.82) is 0 Å². The minimum atomic E-state index is -0.0189. The molecule has 1 saturated heterocycles. The first kappa shape index (κ1) is 11.7. The summed E-state index contributed by atoms with van der Waals surface area (Å²) in [5.74, 6) is 0.144. The van der Waals surface area contributed by atoms with Crippen molar-refractivity contribution in [3.63, 3.8) is 0 Å². The molecule has 1 amide bonds. The van der Waals surface area contributed by atoms with Crippen LogP contribution in [-0.4, -0.2) is 29.7 Å². The molecule has 2 heterocycles. The number of amides is 1. The molecular weight excluding hydrogens is 226 g/mol. The SMILES string of the molecule is CC1CC(=O)NC(N2CCc3ccccc3C2)N1. The number of hydrogen-bond acceptors (Lipinski definition) is 3. The maximum atomic E-state index is 11.6. The maximum Gasteiger partial charge on any atom is 0.223 e. The molecule has 1 fully saturated rings. The molecule has 3 rings (SSSR count). The molecule has 4 nitrogen and oxygen atoms in total. The van der Waals surface area contributed by atoms with Gasteiger partial charge in [0.15, 0.2) is 0 Å². The fraction of sp³-hybridized carbons (Fsp3) is 0.500. The lowest BCUT2D eigenvalue weighted by Gasteiger charge is -2.40. The highest BCUT2D eigenvalue weighted by atomic mass is 16.2. The summed E-state index contributed by atoms with van der Waals surface area (Å²) in [6.45, 7) is 3.95. The van der Waals surface area contributed by atoms with Gasteiger partial charge in [0, 0.05) is 25.6 Å². The number of carbonyl (C=O) groups is 1. The van der Waals surface area contributed by atoms with E-state index in [2.05, 4.69) is 46.7 Å². The van der Waals surface area contributed by atoms with E-state index >= 15 is 0 Å². The Bertz CT molecular complexity index is 460. The van der Waals surface area contributed by atoms with Crippen molar-refractivity contribution in [3.05, 3.63) is 35.4 Å². The van der Waals surface area contributed by atoms with Crippen LogP contribution in [0.5, 0.6) is 0 Å². The van der Waals surface area contributed by atoms with Crippen molar-refractivity contribution in [3.8, 4) is 0 Å².